The second-order valence-electron chi connectivity index (χ2n) is 1.85. The fraction of sp³-hybridized carbons (Fsp3) is 0.667. The minimum Gasteiger partial charge on any atom is -0.364 e. The quantitative estimate of drug-likeness (QED) is 0.500. The average Bonchev–Trinajstić information content (AvgIpc) is 2.19. The number of rotatable bonds is 1. The van der Waals surface area contributed by atoms with Crippen LogP contribution in [0.1, 0.15) is 6.92 Å². The summed E-state index contributed by atoms with van der Waals surface area (Å²) in [7, 11) is 0. The Morgan fingerprint density at radius 1 is 1.75 bits per heavy atom. The van der Waals surface area contributed by atoms with E-state index in [2.05, 4.69) is 11.4 Å². The lowest BCUT2D eigenvalue weighted by atomic mass is 10.3. The largest absolute Gasteiger partial charge is 0.364 e. The predicted octanol–water partition coefficient (Wildman–Crippen LogP) is 0.508. The van der Waals surface area contributed by atoms with Crippen LogP contribution in [0.5, 0.6) is 0 Å². The highest BCUT2D eigenvalue weighted by atomic mass is 16.5. The Morgan fingerprint density at radius 2 is 2.62 bits per heavy atom. The third-order valence-electron chi connectivity index (χ3n) is 1.17. The van der Waals surface area contributed by atoms with Gasteiger partial charge in [-0.05, 0) is 6.92 Å². The van der Waals surface area contributed by atoms with Gasteiger partial charge in [-0.15, -0.1) is 0 Å². The standard InChI is InChI=1S/C6H11NO/c1-2-3-6-4-8-5-7-6/h2-3,6-7H,4-5H2,1H3. The first-order chi connectivity index (χ1) is 3.93. The zero-order chi connectivity index (χ0) is 5.82. The van der Waals surface area contributed by atoms with Gasteiger partial charge in [0, 0.05) is 0 Å². The number of hydrogen-bond donors (Lipinski definition) is 1. The van der Waals surface area contributed by atoms with Gasteiger partial charge >= 0.3 is 0 Å². The average molecular weight is 113 g/mol. The van der Waals surface area contributed by atoms with E-state index in [0.717, 1.165) is 6.61 Å². The van der Waals surface area contributed by atoms with E-state index in [4.69, 9.17) is 4.74 Å². The number of allylic oxidation sites excluding steroid dienone is 1. The fourth-order valence-corrected chi connectivity index (χ4v) is 0.767. The summed E-state index contributed by atoms with van der Waals surface area (Å²) < 4.78 is 5.05. The van der Waals surface area contributed by atoms with Crippen LogP contribution in [0.4, 0.5) is 0 Å². The Bertz CT molecular complexity index is 84.5. The molecule has 1 aliphatic rings. The van der Waals surface area contributed by atoms with Crippen molar-refractivity contribution in [2.24, 2.45) is 0 Å². The first-order valence-corrected chi connectivity index (χ1v) is 2.87. The molecule has 1 unspecified atom stereocenters. The van der Waals surface area contributed by atoms with Gasteiger partial charge in [0.2, 0.25) is 0 Å². The predicted molar refractivity (Wildman–Crippen MR) is 32.6 cm³/mol. The zero-order valence-electron chi connectivity index (χ0n) is 5.05. The van der Waals surface area contributed by atoms with Crippen molar-refractivity contribution in [3.8, 4) is 0 Å². The minimum absolute atomic E-state index is 0.458. The molecule has 2 nitrogen and oxygen atoms in total. The van der Waals surface area contributed by atoms with Crippen LogP contribution in [0, 0.1) is 0 Å². The SMILES string of the molecule is CC=CC1COCN1. The summed E-state index contributed by atoms with van der Waals surface area (Å²) in [5.74, 6) is 0. The van der Waals surface area contributed by atoms with Gasteiger partial charge < -0.3 is 4.74 Å². The summed E-state index contributed by atoms with van der Waals surface area (Å²) >= 11 is 0. The van der Waals surface area contributed by atoms with Gasteiger partial charge in [-0.1, -0.05) is 12.2 Å². The summed E-state index contributed by atoms with van der Waals surface area (Å²) in [4.78, 5) is 0. The molecule has 1 N–H and O–H groups in total. The molecule has 1 heterocycles. The molecule has 1 rings (SSSR count). The van der Waals surface area contributed by atoms with Crippen LogP contribution in [-0.2, 0) is 4.74 Å². The molecule has 1 aliphatic heterocycles. The van der Waals surface area contributed by atoms with Gasteiger partial charge in [-0.2, -0.15) is 0 Å². The maximum absolute atomic E-state index is 5.05. The molecular formula is C6H11NO. The van der Waals surface area contributed by atoms with Crippen molar-refractivity contribution in [1.29, 1.82) is 0 Å². The van der Waals surface area contributed by atoms with Crippen molar-refractivity contribution in [3.05, 3.63) is 12.2 Å². The molecule has 0 aromatic rings. The van der Waals surface area contributed by atoms with Crippen molar-refractivity contribution in [3.63, 3.8) is 0 Å². The van der Waals surface area contributed by atoms with E-state index in [1.807, 2.05) is 13.0 Å². The Kier molecular flexibility index (Phi) is 2.06. The molecule has 1 saturated heterocycles. The molecule has 0 aliphatic carbocycles. The maximum atomic E-state index is 5.05. The summed E-state index contributed by atoms with van der Waals surface area (Å²) in [6, 6.07) is 0.458. The van der Waals surface area contributed by atoms with Crippen LogP contribution in [-0.4, -0.2) is 19.4 Å². The molecular weight excluding hydrogens is 102 g/mol. The second-order valence-corrected chi connectivity index (χ2v) is 1.85. The van der Waals surface area contributed by atoms with Crippen LogP contribution in [0.25, 0.3) is 0 Å². The van der Waals surface area contributed by atoms with Gasteiger partial charge in [-0.25, -0.2) is 0 Å². The summed E-state index contributed by atoms with van der Waals surface area (Å²) in [5.41, 5.74) is 0. The van der Waals surface area contributed by atoms with Crippen LogP contribution < -0.4 is 5.32 Å². The molecule has 0 aromatic carbocycles. The smallest absolute Gasteiger partial charge is 0.0971 e. The normalized spacial score (nSPS) is 29.9. The summed E-state index contributed by atoms with van der Waals surface area (Å²) in [5, 5.41) is 3.15. The first-order valence-electron chi connectivity index (χ1n) is 2.87. The third-order valence-corrected chi connectivity index (χ3v) is 1.17. The lowest BCUT2D eigenvalue weighted by molar-refractivity contribution is 0.192. The van der Waals surface area contributed by atoms with E-state index in [0.29, 0.717) is 12.8 Å². The van der Waals surface area contributed by atoms with Gasteiger partial charge in [-0.3, -0.25) is 5.32 Å². The summed E-state index contributed by atoms with van der Waals surface area (Å²) in [6.45, 7) is 3.54. The fourth-order valence-electron chi connectivity index (χ4n) is 0.767. The van der Waals surface area contributed by atoms with E-state index in [9.17, 15) is 0 Å². The molecule has 0 spiro atoms. The number of nitrogens with one attached hydrogen (secondary N) is 1. The lowest BCUT2D eigenvalue weighted by Gasteiger charge is -1.96. The molecule has 1 fully saturated rings. The molecule has 2 heteroatoms. The highest BCUT2D eigenvalue weighted by Gasteiger charge is 2.08. The number of ether oxygens (including phenoxy) is 1. The molecule has 46 valence electrons. The zero-order valence-corrected chi connectivity index (χ0v) is 5.05. The third kappa shape index (κ3) is 1.32. The monoisotopic (exact) mass is 113 g/mol. The van der Waals surface area contributed by atoms with Gasteiger partial charge in [0.1, 0.15) is 0 Å². The van der Waals surface area contributed by atoms with Crippen LogP contribution in [0.2, 0.25) is 0 Å². The molecule has 0 bridgehead atoms. The number of hydrogen-bond acceptors (Lipinski definition) is 2. The van der Waals surface area contributed by atoms with Gasteiger partial charge in [0.05, 0.1) is 19.4 Å². The molecule has 0 saturated carbocycles. The Balaban J connectivity index is 2.24. The van der Waals surface area contributed by atoms with E-state index < -0.39 is 0 Å². The first kappa shape index (κ1) is 5.79. The molecule has 0 radical (unpaired) electrons. The molecule has 8 heavy (non-hydrogen) atoms. The maximum Gasteiger partial charge on any atom is 0.0971 e. The molecule has 0 amide bonds. The van der Waals surface area contributed by atoms with Crippen molar-refractivity contribution in [2.45, 2.75) is 13.0 Å². The lowest BCUT2D eigenvalue weighted by Crippen LogP contribution is -2.20. The van der Waals surface area contributed by atoms with Gasteiger partial charge in [0.25, 0.3) is 0 Å². The van der Waals surface area contributed by atoms with E-state index in [-0.39, 0.29) is 0 Å². The topological polar surface area (TPSA) is 21.3 Å². The molecule has 0 aromatic heterocycles. The van der Waals surface area contributed by atoms with Crippen molar-refractivity contribution in [2.75, 3.05) is 13.3 Å². The Labute approximate surface area is 49.5 Å². The van der Waals surface area contributed by atoms with Crippen LogP contribution in [0.15, 0.2) is 12.2 Å². The van der Waals surface area contributed by atoms with E-state index in [1.54, 1.807) is 0 Å². The van der Waals surface area contributed by atoms with Gasteiger partial charge in [0.15, 0.2) is 0 Å². The van der Waals surface area contributed by atoms with E-state index >= 15 is 0 Å². The highest BCUT2D eigenvalue weighted by Crippen LogP contribution is 1.94. The van der Waals surface area contributed by atoms with Crippen LogP contribution in [0.3, 0.4) is 0 Å². The molecule has 1 atom stereocenters. The van der Waals surface area contributed by atoms with Crippen molar-refractivity contribution < 1.29 is 4.74 Å². The second kappa shape index (κ2) is 2.84. The van der Waals surface area contributed by atoms with Crippen LogP contribution >= 0.6 is 0 Å². The Hall–Kier alpha value is -0.340. The van der Waals surface area contributed by atoms with Crippen molar-refractivity contribution in [1.82, 2.24) is 5.32 Å². The van der Waals surface area contributed by atoms with E-state index in [1.165, 1.54) is 0 Å². The van der Waals surface area contributed by atoms with Crippen molar-refractivity contribution >= 4 is 0 Å². The Morgan fingerprint density at radius 3 is 3.12 bits per heavy atom. The minimum atomic E-state index is 0.458. The summed E-state index contributed by atoms with van der Waals surface area (Å²) in [6.07, 6.45) is 4.14. The highest BCUT2D eigenvalue weighted by molar-refractivity contribution is 4.92.